The summed E-state index contributed by atoms with van der Waals surface area (Å²) in [5.74, 6) is -0.544. The lowest BCUT2D eigenvalue weighted by Crippen LogP contribution is -2.08. The van der Waals surface area contributed by atoms with Gasteiger partial charge in [0.05, 0.1) is 0 Å². The van der Waals surface area contributed by atoms with Crippen molar-refractivity contribution in [3.8, 4) is 11.1 Å². The average Bonchev–Trinajstić information content (AvgIpc) is 2.81. The fraction of sp³-hybridized carbons (Fsp3) is 0.0714. The number of anilines is 1. The number of ketones is 1. The number of Topliss-reactive ketones (excluding diaryl/α,β-unsaturated/α-hetero) is 1. The summed E-state index contributed by atoms with van der Waals surface area (Å²) in [4.78, 5) is 24.3. The van der Waals surface area contributed by atoms with Crippen LogP contribution in [0.5, 0.6) is 0 Å². The van der Waals surface area contributed by atoms with Gasteiger partial charge in [0.2, 0.25) is 0 Å². The van der Waals surface area contributed by atoms with Crippen molar-refractivity contribution in [3.63, 3.8) is 0 Å². The first-order valence-corrected chi connectivity index (χ1v) is 10.3. The van der Waals surface area contributed by atoms with Gasteiger partial charge in [-0.1, -0.05) is 54.6 Å². The van der Waals surface area contributed by atoms with Gasteiger partial charge in [0.15, 0.2) is 5.78 Å². The Morgan fingerprint density at radius 2 is 1.59 bits per heavy atom. The maximum absolute atomic E-state index is 13.3. The fourth-order valence-corrected chi connectivity index (χ4v) is 3.82. The van der Waals surface area contributed by atoms with Crippen molar-refractivity contribution in [1.82, 2.24) is 0 Å². The van der Waals surface area contributed by atoms with E-state index in [0.29, 0.717) is 28.8 Å². The minimum Gasteiger partial charge on any atom is -0.398 e. The maximum atomic E-state index is 13.3. The number of nitrogen functional groups attached to an aromatic ring is 1. The predicted molar refractivity (Wildman–Crippen MR) is 125 cm³/mol. The van der Waals surface area contributed by atoms with Gasteiger partial charge in [-0.15, -0.1) is 0 Å². The second-order valence-electron chi connectivity index (χ2n) is 7.72. The van der Waals surface area contributed by atoms with E-state index in [1.165, 1.54) is 24.3 Å². The van der Waals surface area contributed by atoms with Crippen LogP contribution in [0, 0.1) is 5.82 Å². The second-order valence-corrected chi connectivity index (χ2v) is 7.72. The summed E-state index contributed by atoms with van der Waals surface area (Å²) in [7, 11) is 0. The smallest absolute Gasteiger partial charge is 0.167 e. The fourth-order valence-electron chi connectivity index (χ4n) is 3.82. The number of rotatable bonds is 7. The van der Waals surface area contributed by atoms with Gasteiger partial charge in [-0.3, -0.25) is 9.59 Å². The molecule has 4 aromatic rings. The van der Waals surface area contributed by atoms with Gasteiger partial charge >= 0.3 is 0 Å². The van der Waals surface area contributed by atoms with E-state index in [-0.39, 0.29) is 12.2 Å². The number of aldehydes is 1. The molecule has 0 bridgehead atoms. The summed E-state index contributed by atoms with van der Waals surface area (Å²) >= 11 is 0. The Morgan fingerprint density at radius 1 is 0.844 bits per heavy atom. The SMILES string of the molecule is Nc1cc(Cc2ccccc2)cc(-c2cccc(C=O)c2)c1CC(=O)c1ccc(F)cc1. The lowest BCUT2D eigenvalue weighted by atomic mass is 9.89. The van der Waals surface area contributed by atoms with Crippen LogP contribution in [0.2, 0.25) is 0 Å². The van der Waals surface area contributed by atoms with Gasteiger partial charge in [0.1, 0.15) is 12.1 Å². The van der Waals surface area contributed by atoms with E-state index in [1.807, 2.05) is 42.5 Å². The zero-order valence-electron chi connectivity index (χ0n) is 17.4. The molecule has 0 fully saturated rings. The predicted octanol–water partition coefficient (Wildman–Crippen LogP) is 5.90. The summed E-state index contributed by atoms with van der Waals surface area (Å²) in [6.45, 7) is 0. The lowest BCUT2D eigenvalue weighted by molar-refractivity contribution is 0.0992. The molecule has 3 nitrogen and oxygen atoms in total. The molecule has 0 aliphatic rings. The van der Waals surface area contributed by atoms with Crippen LogP contribution in [-0.2, 0) is 12.8 Å². The molecule has 0 radical (unpaired) electrons. The Kier molecular flexibility index (Phi) is 6.22. The molecule has 2 N–H and O–H groups in total. The van der Waals surface area contributed by atoms with E-state index in [4.69, 9.17) is 5.73 Å². The number of hydrogen-bond acceptors (Lipinski definition) is 3. The summed E-state index contributed by atoms with van der Waals surface area (Å²) in [5.41, 5.74) is 12.4. The summed E-state index contributed by atoms with van der Waals surface area (Å²) in [6, 6.07) is 26.7. The Balaban J connectivity index is 1.77. The minimum atomic E-state index is -0.391. The molecule has 0 atom stereocenters. The van der Waals surface area contributed by atoms with E-state index >= 15 is 0 Å². The number of benzene rings is 4. The first kappa shape index (κ1) is 21.2. The van der Waals surface area contributed by atoms with Gasteiger partial charge in [-0.25, -0.2) is 4.39 Å². The molecule has 0 amide bonds. The van der Waals surface area contributed by atoms with E-state index in [1.54, 1.807) is 12.1 Å². The monoisotopic (exact) mass is 423 g/mol. The highest BCUT2D eigenvalue weighted by atomic mass is 19.1. The van der Waals surface area contributed by atoms with Crippen molar-refractivity contribution in [2.45, 2.75) is 12.8 Å². The van der Waals surface area contributed by atoms with Crippen LogP contribution < -0.4 is 5.73 Å². The Bertz CT molecular complexity index is 1260. The number of carbonyl (C=O) groups excluding carboxylic acids is 2. The largest absolute Gasteiger partial charge is 0.398 e. The lowest BCUT2D eigenvalue weighted by Gasteiger charge is -2.16. The van der Waals surface area contributed by atoms with Crippen molar-refractivity contribution in [2.75, 3.05) is 5.73 Å². The molecule has 4 aromatic carbocycles. The van der Waals surface area contributed by atoms with Crippen molar-refractivity contribution in [3.05, 3.63) is 125 Å². The van der Waals surface area contributed by atoms with Gasteiger partial charge in [0.25, 0.3) is 0 Å². The molecule has 0 saturated carbocycles. The molecule has 4 rings (SSSR count). The van der Waals surface area contributed by atoms with Crippen molar-refractivity contribution >= 4 is 17.8 Å². The Hall–Kier alpha value is -4.05. The minimum absolute atomic E-state index is 0.0731. The van der Waals surface area contributed by atoms with E-state index in [9.17, 15) is 14.0 Å². The second kappa shape index (κ2) is 9.40. The van der Waals surface area contributed by atoms with Crippen LogP contribution in [0.25, 0.3) is 11.1 Å². The van der Waals surface area contributed by atoms with Gasteiger partial charge in [-0.2, -0.15) is 0 Å². The highest BCUT2D eigenvalue weighted by Crippen LogP contribution is 2.32. The summed E-state index contributed by atoms with van der Waals surface area (Å²) < 4.78 is 13.3. The Morgan fingerprint density at radius 3 is 2.31 bits per heavy atom. The van der Waals surface area contributed by atoms with Crippen molar-refractivity contribution in [2.24, 2.45) is 0 Å². The zero-order chi connectivity index (χ0) is 22.5. The first-order valence-electron chi connectivity index (χ1n) is 10.3. The Labute approximate surface area is 186 Å². The number of halogens is 1. The molecule has 32 heavy (non-hydrogen) atoms. The summed E-state index contributed by atoms with van der Waals surface area (Å²) in [5, 5.41) is 0. The summed E-state index contributed by atoms with van der Waals surface area (Å²) in [6.07, 6.45) is 1.56. The molecular formula is C28H22FNO2. The molecule has 158 valence electrons. The molecule has 0 aliphatic carbocycles. The molecule has 0 aromatic heterocycles. The molecule has 0 unspecified atom stereocenters. The molecule has 0 heterocycles. The van der Waals surface area contributed by atoms with Crippen molar-refractivity contribution in [1.29, 1.82) is 0 Å². The van der Waals surface area contributed by atoms with Crippen LogP contribution in [0.4, 0.5) is 10.1 Å². The average molecular weight is 423 g/mol. The van der Waals surface area contributed by atoms with E-state index < -0.39 is 5.82 Å². The molecular weight excluding hydrogens is 401 g/mol. The van der Waals surface area contributed by atoms with Gasteiger partial charge in [-0.05, 0) is 70.6 Å². The highest BCUT2D eigenvalue weighted by Gasteiger charge is 2.16. The first-order chi connectivity index (χ1) is 15.5. The molecule has 0 spiro atoms. The quantitative estimate of drug-likeness (QED) is 0.229. The number of nitrogens with two attached hydrogens (primary N) is 1. The molecule has 0 aliphatic heterocycles. The van der Waals surface area contributed by atoms with Crippen LogP contribution in [0.15, 0.2) is 91.0 Å². The normalized spacial score (nSPS) is 10.7. The maximum Gasteiger partial charge on any atom is 0.167 e. The number of hydrogen-bond donors (Lipinski definition) is 1. The van der Waals surface area contributed by atoms with Crippen LogP contribution in [-0.4, -0.2) is 12.1 Å². The topological polar surface area (TPSA) is 60.2 Å². The van der Waals surface area contributed by atoms with Crippen LogP contribution >= 0.6 is 0 Å². The van der Waals surface area contributed by atoms with Gasteiger partial charge in [0, 0.05) is 23.2 Å². The standard InChI is InChI=1S/C28H22FNO2/c29-24-11-9-22(10-12-24)28(32)17-26-25(23-8-4-7-20(14-23)18-31)15-21(16-27(26)30)13-19-5-2-1-3-6-19/h1-12,14-16,18H,13,17,30H2. The third-order valence-corrected chi connectivity index (χ3v) is 5.43. The zero-order valence-corrected chi connectivity index (χ0v) is 17.4. The van der Waals surface area contributed by atoms with Gasteiger partial charge < -0.3 is 5.73 Å². The number of carbonyl (C=O) groups is 2. The van der Waals surface area contributed by atoms with E-state index in [0.717, 1.165) is 28.5 Å². The van der Waals surface area contributed by atoms with E-state index in [2.05, 4.69) is 12.1 Å². The third kappa shape index (κ3) is 4.81. The third-order valence-electron chi connectivity index (χ3n) is 5.43. The molecule has 4 heteroatoms. The van der Waals surface area contributed by atoms with Crippen molar-refractivity contribution < 1.29 is 14.0 Å². The molecule has 0 saturated heterocycles. The van der Waals surface area contributed by atoms with Crippen LogP contribution in [0.1, 0.15) is 37.4 Å². The van der Waals surface area contributed by atoms with Crippen LogP contribution in [0.3, 0.4) is 0 Å². The highest BCUT2D eigenvalue weighted by molar-refractivity contribution is 5.99.